The van der Waals surface area contributed by atoms with Gasteiger partial charge in [-0.05, 0) is 29.6 Å². The number of nitrogens with zero attached hydrogens (tertiary/aromatic N) is 1. The normalized spacial score (nSPS) is 10.8. The van der Waals surface area contributed by atoms with Crippen LogP contribution in [-0.2, 0) is 24.3 Å². The zero-order valence-corrected chi connectivity index (χ0v) is 11.7. The quantitative estimate of drug-likeness (QED) is 0.881. The summed E-state index contributed by atoms with van der Waals surface area (Å²) in [5.41, 5.74) is 2.05. The van der Waals surface area contributed by atoms with E-state index in [0.717, 1.165) is 18.7 Å². The van der Waals surface area contributed by atoms with E-state index in [2.05, 4.69) is 29.5 Å². The molecule has 1 heterocycles. The van der Waals surface area contributed by atoms with Crippen LogP contribution >= 0.6 is 11.3 Å². The summed E-state index contributed by atoms with van der Waals surface area (Å²) in [5.74, 6) is -0.789. The minimum absolute atomic E-state index is 0.0886. The Balaban J connectivity index is 1.90. The summed E-state index contributed by atoms with van der Waals surface area (Å²) < 4.78 is 0. The molecule has 100 valence electrons. The van der Waals surface area contributed by atoms with Crippen molar-refractivity contribution in [2.24, 2.45) is 0 Å². The third-order valence-corrected chi connectivity index (χ3v) is 3.70. The van der Waals surface area contributed by atoms with Gasteiger partial charge in [-0.1, -0.05) is 30.3 Å². The van der Waals surface area contributed by atoms with Crippen molar-refractivity contribution in [2.45, 2.75) is 19.5 Å². The fraction of sp³-hybridized carbons (Fsp3) is 0.267. The lowest BCUT2D eigenvalue weighted by molar-refractivity contribution is -0.136. The molecule has 0 saturated carbocycles. The van der Waals surface area contributed by atoms with Crippen molar-refractivity contribution in [1.29, 1.82) is 0 Å². The minimum atomic E-state index is -0.789. The molecule has 1 aromatic carbocycles. The standard InChI is InChI=1S/C15H17NO2S/c1-16(11-14-3-2-8-19-14)10-13-6-4-12(5-7-13)9-15(17)18/h2-8H,9-11H2,1H3,(H,17,18). The first-order valence-corrected chi connectivity index (χ1v) is 7.02. The molecule has 0 radical (unpaired) electrons. The van der Waals surface area contributed by atoms with E-state index in [9.17, 15) is 4.79 Å². The second-order valence-electron chi connectivity index (χ2n) is 4.64. The van der Waals surface area contributed by atoms with Crippen molar-refractivity contribution < 1.29 is 9.90 Å². The van der Waals surface area contributed by atoms with Crippen LogP contribution in [-0.4, -0.2) is 23.0 Å². The van der Waals surface area contributed by atoms with Crippen LogP contribution in [0.25, 0.3) is 0 Å². The molecule has 0 amide bonds. The lowest BCUT2D eigenvalue weighted by atomic mass is 10.1. The van der Waals surface area contributed by atoms with Gasteiger partial charge in [0.1, 0.15) is 0 Å². The molecule has 0 unspecified atom stereocenters. The van der Waals surface area contributed by atoms with E-state index in [1.54, 1.807) is 11.3 Å². The molecule has 0 saturated heterocycles. The van der Waals surface area contributed by atoms with Crippen LogP contribution in [0.4, 0.5) is 0 Å². The lowest BCUT2D eigenvalue weighted by Crippen LogP contribution is -2.16. The first-order valence-electron chi connectivity index (χ1n) is 6.14. The van der Waals surface area contributed by atoms with Gasteiger partial charge in [0.15, 0.2) is 0 Å². The van der Waals surface area contributed by atoms with Crippen LogP contribution in [0, 0.1) is 0 Å². The Morgan fingerprint density at radius 3 is 2.42 bits per heavy atom. The second kappa shape index (κ2) is 6.50. The molecule has 0 aliphatic heterocycles. The molecular formula is C15H17NO2S. The molecule has 0 spiro atoms. The van der Waals surface area contributed by atoms with Crippen LogP contribution in [0.2, 0.25) is 0 Å². The van der Waals surface area contributed by atoms with Crippen molar-refractivity contribution in [3.63, 3.8) is 0 Å². The zero-order valence-electron chi connectivity index (χ0n) is 10.9. The Morgan fingerprint density at radius 2 is 1.84 bits per heavy atom. The number of benzene rings is 1. The Hall–Kier alpha value is -1.65. The van der Waals surface area contributed by atoms with Gasteiger partial charge in [0.05, 0.1) is 6.42 Å². The van der Waals surface area contributed by atoms with Crippen molar-refractivity contribution in [3.05, 3.63) is 57.8 Å². The van der Waals surface area contributed by atoms with Gasteiger partial charge >= 0.3 is 5.97 Å². The highest BCUT2D eigenvalue weighted by Gasteiger charge is 2.04. The maximum absolute atomic E-state index is 10.6. The van der Waals surface area contributed by atoms with Crippen molar-refractivity contribution in [1.82, 2.24) is 4.90 Å². The number of carboxylic acid groups (broad SMARTS) is 1. The minimum Gasteiger partial charge on any atom is -0.481 e. The second-order valence-corrected chi connectivity index (χ2v) is 5.67. The Bertz CT molecular complexity index is 520. The van der Waals surface area contributed by atoms with E-state index in [-0.39, 0.29) is 6.42 Å². The van der Waals surface area contributed by atoms with Crippen LogP contribution in [0.3, 0.4) is 0 Å². The van der Waals surface area contributed by atoms with Crippen molar-refractivity contribution in [3.8, 4) is 0 Å². The first kappa shape index (κ1) is 13.8. The molecule has 1 aromatic heterocycles. The molecule has 0 atom stereocenters. The van der Waals surface area contributed by atoms with Crippen LogP contribution in [0.5, 0.6) is 0 Å². The van der Waals surface area contributed by atoms with Gasteiger partial charge in [0.2, 0.25) is 0 Å². The summed E-state index contributed by atoms with van der Waals surface area (Å²) in [6.45, 7) is 1.81. The number of rotatable bonds is 6. The predicted molar refractivity (Wildman–Crippen MR) is 77.3 cm³/mol. The van der Waals surface area contributed by atoms with Crippen molar-refractivity contribution in [2.75, 3.05) is 7.05 Å². The zero-order chi connectivity index (χ0) is 13.7. The Labute approximate surface area is 117 Å². The molecule has 4 heteroatoms. The molecule has 3 nitrogen and oxygen atoms in total. The fourth-order valence-electron chi connectivity index (χ4n) is 1.97. The molecule has 0 bridgehead atoms. The maximum atomic E-state index is 10.6. The van der Waals surface area contributed by atoms with E-state index in [1.165, 1.54) is 10.4 Å². The summed E-state index contributed by atoms with van der Waals surface area (Å²) in [4.78, 5) is 14.2. The third-order valence-electron chi connectivity index (χ3n) is 2.84. The smallest absolute Gasteiger partial charge is 0.307 e. The highest BCUT2D eigenvalue weighted by molar-refractivity contribution is 7.09. The average Bonchev–Trinajstić information content (AvgIpc) is 2.83. The fourth-order valence-corrected chi connectivity index (χ4v) is 2.76. The van der Waals surface area contributed by atoms with Gasteiger partial charge in [-0.25, -0.2) is 0 Å². The summed E-state index contributed by atoms with van der Waals surface area (Å²) in [7, 11) is 2.09. The topological polar surface area (TPSA) is 40.5 Å². The number of aliphatic carboxylic acids is 1. The van der Waals surface area contributed by atoms with Gasteiger partial charge in [0, 0.05) is 18.0 Å². The number of hydrogen-bond acceptors (Lipinski definition) is 3. The number of carbonyl (C=O) groups is 1. The molecule has 0 aliphatic carbocycles. The number of thiophene rings is 1. The number of carboxylic acids is 1. The average molecular weight is 275 g/mol. The monoisotopic (exact) mass is 275 g/mol. The predicted octanol–water partition coefficient (Wildman–Crippen LogP) is 3.01. The van der Waals surface area contributed by atoms with Gasteiger partial charge in [-0.15, -0.1) is 11.3 Å². The van der Waals surface area contributed by atoms with Crippen LogP contribution < -0.4 is 0 Å². The van der Waals surface area contributed by atoms with E-state index in [4.69, 9.17) is 5.11 Å². The summed E-state index contributed by atoms with van der Waals surface area (Å²) >= 11 is 1.76. The Kier molecular flexibility index (Phi) is 4.71. The largest absolute Gasteiger partial charge is 0.481 e. The molecule has 0 fully saturated rings. The van der Waals surface area contributed by atoms with E-state index in [1.807, 2.05) is 24.3 Å². The van der Waals surface area contributed by atoms with E-state index < -0.39 is 5.97 Å². The summed E-state index contributed by atoms with van der Waals surface area (Å²) in [5, 5.41) is 10.8. The van der Waals surface area contributed by atoms with Crippen molar-refractivity contribution >= 4 is 17.3 Å². The highest BCUT2D eigenvalue weighted by atomic mass is 32.1. The molecular weight excluding hydrogens is 258 g/mol. The lowest BCUT2D eigenvalue weighted by Gasteiger charge is -2.15. The van der Waals surface area contributed by atoms with Gasteiger partial charge < -0.3 is 5.11 Å². The molecule has 0 aliphatic rings. The highest BCUT2D eigenvalue weighted by Crippen LogP contribution is 2.13. The number of hydrogen-bond donors (Lipinski definition) is 1. The molecule has 1 N–H and O–H groups in total. The van der Waals surface area contributed by atoms with E-state index >= 15 is 0 Å². The van der Waals surface area contributed by atoms with E-state index in [0.29, 0.717) is 0 Å². The third kappa shape index (κ3) is 4.50. The van der Waals surface area contributed by atoms with Gasteiger partial charge in [-0.2, -0.15) is 0 Å². The Morgan fingerprint density at radius 1 is 1.16 bits per heavy atom. The summed E-state index contributed by atoms with van der Waals surface area (Å²) in [6.07, 6.45) is 0.0886. The maximum Gasteiger partial charge on any atom is 0.307 e. The first-order chi connectivity index (χ1) is 9.13. The molecule has 19 heavy (non-hydrogen) atoms. The molecule has 2 aromatic rings. The molecule has 2 rings (SSSR count). The van der Waals surface area contributed by atoms with Crippen LogP contribution in [0.1, 0.15) is 16.0 Å². The SMILES string of the molecule is CN(Cc1ccc(CC(=O)O)cc1)Cc1cccs1. The van der Waals surface area contributed by atoms with Crippen LogP contribution in [0.15, 0.2) is 41.8 Å². The van der Waals surface area contributed by atoms with Gasteiger partial charge in [0.25, 0.3) is 0 Å². The van der Waals surface area contributed by atoms with Gasteiger partial charge in [-0.3, -0.25) is 9.69 Å². The summed E-state index contributed by atoms with van der Waals surface area (Å²) in [6, 6.07) is 12.0.